The van der Waals surface area contributed by atoms with Gasteiger partial charge < -0.3 is 40.7 Å². The lowest BCUT2D eigenvalue weighted by atomic mass is 9.92. The molecule has 0 aliphatic rings. The lowest BCUT2D eigenvalue weighted by molar-refractivity contribution is 0.282. The number of phenols is 6. The average Bonchev–Trinajstić information content (AvgIpc) is 2.96. The van der Waals surface area contributed by atoms with Crippen LogP contribution in [-0.2, 0) is 30.7 Å². The van der Waals surface area contributed by atoms with Gasteiger partial charge in [0.05, 0.1) is 0 Å². The Morgan fingerprint density at radius 2 is 1.33 bits per heavy atom. The molecular weight excluding hydrogens is 536 g/mol. The summed E-state index contributed by atoms with van der Waals surface area (Å²) in [4.78, 5) is 0. The smallest absolute Gasteiger partial charge is 0.213 e. The fourth-order valence-electron chi connectivity index (χ4n) is 4.59. The van der Waals surface area contributed by atoms with Gasteiger partial charge in [0, 0.05) is 34.5 Å². The van der Waals surface area contributed by atoms with Gasteiger partial charge in [-0.25, -0.2) is 0 Å². The van der Waals surface area contributed by atoms with Crippen molar-refractivity contribution >= 4 is 11.6 Å². The lowest BCUT2D eigenvalue weighted by Gasteiger charge is -2.16. The minimum absolute atomic E-state index is 0.0253. The number of ether oxygens (including phenoxy) is 1. The Labute approximate surface area is 243 Å². The normalized spacial score (nSPS) is 11.5. The molecule has 0 heterocycles. The van der Waals surface area contributed by atoms with Crippen molar-refractivity contribution in [2.24, 2.45) is 5.92 Å². The Hall–Kier alpha value is -5.31. The zero-order valence-corrected chi connectivity index (χ0v) is 23.1. The molecular formula is C33H34N2O7. The quantitative estimate of drug-likeness (QED) is 0.0651. The highest BCUT2D eigenvalue weighted by Gasteiger charge is 2.15. The maximum Gasteiger partial charge on any atom is 0.213 e. The molecule has 4 aromatic carbocycles. The molecule has 8 N–H and O–H groups in total. The van der Waals surface area contributed by atoms with E-state index in [1.165, 1.54) is 18.2 Å². The van der Waals surface area contributed by atoms with Gasteiger partial charge in [0.25, 0.3) is 0 Å². The van der Waals surface area contributed by atoms with Crippen LogP contribution in [0.25, 0.3) is 5.70 Å². The van der Waals surface area contributed by atoms with Crippen LogP contribution in [0.4, 0.5) is 0 Å². The second kappa shape index (κ2) is 12.9. The average molecular weight is 571 g/mol. The van der Waals surface area contributed by atoms with Crippen LogP contribution in [0.5, 0.6) is 34.5 Å². The summed E-state index contributed by atoms with van der Waals surface area (Å²) in [7, 11) is 0. The van der Waals surface area contributed by atoms with Crippen molar-refractivity contribution in [2.75, 3.05) is 0 Å². The van der Waals surface area contributed by atoms with Crippen LogP contribution in [0.15, 0.2) is 79.4 Å². The van der Waals surface area contributed by atoms with Gasteiger partial charge in [-0.1, -0.05) is 49.9 Å². The first-order valence-corrected chi connectivity index (χ1v) is 13.3. The number of hydrogen-bond donors (Lipinski definition) is 8. The molecule has 0 bridgehead atoms. The summed E-state index contributed by atoms with van der Waals surface area (Å²) >= 11 is 0. The van der Waals surface area contributed by atoms with Crippen molar-refractivity contribution in [3.8, 4) is 34.5 Å². The van der Waals surface area contributed by atoms with Gasteiger partial charge in [-0.3, -0.25) is 5.41 Å². The van der Waals surface area contributed by atoms with Crippen LogP contribution in [-0.4, -0.2) is 36.5 Å². The van der Waals surface area contributed by atoms with Crippen LogP contribution in [0.1, 0.15) is 40.3 Å². The largest absolute Gasteiger partial charge is 0.508 e. The molecule has 0 aromatic heterocycles. The van der Waals surface area contributed by atoms with E-state index in [-0.39, 0.29) is 59.5 Å². The van der Waals surface area contributed by atoms with Crippen molar-refractivity contribution in [3.05, 3.63) is 113 Å². The zero-order valence-electron chi connectivity index (χ0n) is 23.1. The molecule has 9 nitrogen and oxygen atoms in total. The number of para-hydroxylation sites is 2. The summed E-state index contributed by atoms with van der Waals surface area (Å²) in [5.41, 5.74) is 3.86. The standard InChI is InChI=1S/C33H34N2O7/c1-19(13-22-10-9-21(16-30(22)39)20(2)35-17-24-5-3-7-28(37)31(24)40)14-26-15-23(11-12-27(26)36)33(34)42-18-25-6-4-8-29(38)32(25)41/h3-12,15-16,19,34-41H,2,13-14,17-18H2,1H3. The van der Waals surface area contributed by atoms with Crippen molar-refractivity contribution in [1.82, 2.24) is 5.32 Å². The number of phenolic OH excluding ortho intramolecular Hbond substituents is 6. The number of rotatable bonds is 11. The highest BCUT2D eigenvalue weighted by atomic mass is 16.5. The molecule has 0 saturated carbocycles. The molecule has 42 heavy (non-hydrogen) atoms. The van der Waals surface area contributed by atoms with E-state index in [0.29, 0.717) is 46.4 Å². The van der Waals surface area contributed by atoms with Gasteiger partial charge in [-0.15, -0.1) is 0 Å². The van der Waals surface area contributed by atoms with Crippen molar-refractivity contribution < 1.29 is 35.4 Å². The van der Waals surface area contributed by atoms with Crippen LogP contribution in [0.3, 0.4) is 0 Å². The van der Waals surface area contributed by atoms with Gasteiger partial charge in [0.1, 0.15) is 18.1 Å². The Bertz CT molecular complexity index is 1620. The Morgan fingerprint density at radius 1 is 0.714 bits per heavy atom. The summed E-state index contributed by atoms with van der Waals surface area (Å²) in [5, 5.41) is 71.8. The Kier molecular flexibility index (Phi) is 9.12. The SMILES string of the molecule is C=C(NCc1cccc(O)c1O)c1ccc(CC(C)Cc2cc(C(=N)OCc3cccc(O)c3O)ccc2O)c(O)c1. The third-order valence-electron chi connectivity index (χ3n) is 6.97. The van der Waals surface area contributed by atoms with E-state index in [4.69, 9.17) is 10.1 Å². The molecule has 0 aliphatic heterocycles. The van der Waals surface area contributed by atoms with Crippen LogP contribution >= 0.6 is 0 Å². The molecule has 9 heteroatoms. The van der Waals surface area contributed by atoms with E-state index in [0.717, 1.165) is 5.56 Å². The summed E-state index contributed by atoms with van der Waals surface area (Å²) in [6.45, 7) is 6.13. The molecule has 4 aromatic rings. The molecule has 0 amide bonds. The van der Waals surface area contributed by atoms with E-state index in [1.807, 2.05) is 19.1 Å². The first-order chi connectivity index (χ1) is 20.0. The van der Waals surface area contributed by atoms with Gasteiger partial charge in [-0.05, 0) is 66.3 Å². The maximum atomic E-state index is 10.7. The van der Waals surface area contributed by atoms with Crippen LogP contribution < -0.4 is 5.32 Å². The first-order valence-electron chi connectivity index (χ1n) is 13.3. The lowest BCUT2D eigenvalue weighted by Crippen LogP contribution is -2.11. The zero-order chi connectivity index (χ0) is 30.4. The number of nitrogens with one attached hydrogen (secondary N) is 2. The highest BCUT2D eigenvalue weighted by molar-refractivity contribution is 5.92. The van der Waals surface area contributed by atoms with Crippen LogP contribution in [0.2, 0.25) is 0 Å². The topological polar surface area (TPSA) is 166 Å². The molecule has 0 saturated heterocycles. The molecule has 1 atom stereocenters. The summed E-state index contributed by atoms with van der Waals surface area (Å²) in [6, 6.07) is 19.2. The highest BCUT2D eigenvalue weighted by Crippen LogP contribution is 2.31. The van der Waals surface area contributed by atoms with Gasteiger partial charge in [0.15, 0.2) is 23.0 Å². The maximum absolute atomic E-state index is 10.7. The van der Waals surface area contributed by atoms with Crippen LogP contribution in [0, 0.1) is 11.3 Å². The predicted octanol–water partition coefficient (Wildman–Crippen LogP) is 5.64. The van der Waals surface area contributed by atoms with E-state index in [2.05, 4.69) is 11.9 Å². The fourth-order valence-corrected chi connectivity index (χ4v) is 4.59. The summed E-state index contributed by atoms with van der Waals surface area (Å²) in [6.07, 6.45) is 1.00. The minimum Gasteiger partial charge on any atom is -0.508 e. The third kappa shape index (κ3) is 7.06. The number of hydrogen-bond acceptors (Lipinski definition) is 9. The predicted molar refractivity (Wildman–Crippen MR) is 160 cm³/mol. The Balaban J connectivity index is 1.36. The molecule has 0 aliphatic carbocycles. The number of aromatic hydroxyl groups is 6. The van der Waals surface area contributed by atoms with E-state index < -0.39 is 0 Å². The molecule has 0 radical (unpaired) electrons. The second-order valence-corrected chi connectivity index (χ2v) is 10.2. The molecule has 0 fully saturated rings. The fraction of sp³-hybridized carbons (Fsp3) is 0.182. The summed E-state index contributed by atoms with van der Waals surface area (Å²) < 4.78 is 5.51. The van der Waals surface area contributed by atoms with Crippen molar-refractivity contribution in [1.29, 1.82) is 5.41 Å². The van der Waals surface area contributed by atoms with Gasteiger partial charge in [0.2, 0.25) is 5.90 Å². The minimum atomic E-state index is -0.295. The number of benzene rings is 4. The molecule has 1 unspecified atom stereocenters. The van der Waals surface area contributed by atoms with E-state index in [9.17, 15) is 30.6 Å². The summed E-state index contributed by atoms with van der Waals surface area (Å²) in [5.74, 6) is -0.888. The molecule has 4 rings (SSSR count). The van der Waals surface area contributed by atoms with Gasteiger partial charge in [-0.2, -0.15) is 0 Å². The van der Waals surface area contributed by atoms with Gasteiger partial charge >= 0.3 is 0 Å². The third-order valence-corrected chi connectivity index (χ3v) is 6.97. The molecule has 218 valence electrons. The van der Waals surface area contributed by atoms with Crippen molar-refractivity contribution in [2.45, 2.75) is 32.9 Å². The first kappa shape index (κ1) is 29.7. The second-order valence-electron chi connectivity index (χ2n) is 10.2. The molecule has 0 spiro atoms. The van der Waals surface area contributed by atoms with E-state index in [1.54, 1.807) is 42.5 Å². The monoisotopic (exact) mass is 570 g/mol. The van der Waals surface area contributed by atoms with E-state index >= 15 is 0 Å². The van der Waals surface area contributed by atoms with Crippen molar-refractivity contribution in [3.63, 3.8) is 0 Å². The Morgan fingerprint density at radius 3 is 2.02 bits per heavy atom.